The van der Waals surface area contributed by atoms with Gasteiger partial charge in [0.1, 0.15) is 18.5 Å². The molecular weight excluding hydrogens is 436 g/mol. The van der Waals surface area contributed by atoms with E-state index in [0.29, 0.717) is 12.4 Å². The van der Waals surface area contributed by atoms with E-state index in [9.17, 15) is 9.59 Å². The van der Waals surface area contributed by atoms with E-state index in [4.69, 9.17) is 4.74 Å². The zero-order chi connectivity index (χ0) is 24.3. The quantitative estimate of drug-likeness (QED) is 0.325. The molecule has 4 aromatic rings. The van der Waals surface area contributed by atoms with Crippen molar-refractivity contribution >= 4 is 11.8 Å². The number of carbonyl (C=O) groups is 2. The van der Waals surface area contributed by atoms with Crippen molar-refractivity contribution < 1.29 is 14.3 Å². The van der Waals surface area contributed by atoms with Crippen LogP contribution < -0.4 is 15.4 Å². The molecule has 0 aliphatic carbocycles. The first-order valence-electron chi connectivity index (χ1n) is 11.6. The minimum absolute atomic E-state index is 0.184. The Morgan fingerprint density at radius 1 is 0.600 bits per heavy atom. The van der Waals surface area contributed by atoms with E-state index in [1.54, 1.807) is 0 Å². The molecule has 0 unspecified atom stereocenters. The van der Waals surface area contributed by atoms with Gasteiger partial charge in [-0.05, 0) is 34.4 Å². The fourth-order valence-electron chi connectivity index (χ4n) is 3.71. The molecule has 0 saturated heterocycles. The van der Waals surface area contributed by atoms with Crippen molar-refractivity contribution in [2.75, 3.05) is 0 Å². The highest BCUT2D eigenvalue weighted by Gasteiger charge is 2.18. The lowest BCUT2D eigenvalue weighted by Crippen LogP contribution is -2.42. The van der Waals surface area contributed by atoms with Gasteiger partial charge >= 0.3 is 0 Å². The van der Waals surface area contributed by atoms with Gasteiger partial charge in [0.15, 0.2) is 0 Å². The van der Waals surface area contributed by atoms with E-state index in [1.165, 1.54) is 0 Å². The summed E-state index contributed by atoms with van der Waals surface area (Å²) in [6.45, 7) is 0.426. The maximum Gasteiger partial charge on any atom is 0.226 e. The van der Waals surface area contributed by atoms with Gasteiger partial charge in [-0.15, -0.1) is 0 Å². The predicted molar refractivity (Wildman–Crippen MR) is 137 cm³/mol. The molecule has 5 heteroatoms. The minimum atomic E-state index is -0.692. The van der Waals surface area contributed by atoms with Crippen LogP contribution in [0.1, 0.15) is 28.4 Å². The molecule has 0 fully saturated rings. The molecule has 0 aliphatic rings. The van der Waals surface area contributed by atoms with Gasteiger partial charge in [-0.2, -0.15) is 0 Å². The number of ether oxygens (including phenoxy) is 1. The summed E-state index contributed by atoms with van der Waals surface area (Å²) < 4.78 is 5.96. The molecular formula is C30H28N2O3. The molecule has 0 spiro atoms. The molecule has 0 saturated carbocycles. The van der Waals surface area contributed by atoms with Crippen LogP contribution in [0.3, 0.4) is 0 Å². The third-order valence-electron chi connectivity index (χ3n) is 5.47. The third kappa shape index (κ3) is 7.57. The molecule has 0 atom stereocenters. The van der Waals surface area contributed by atoms with Gasteiger partial charge < -0.3 is 15.4 Å². The van der Waals surface area contributed by atoms with Gasteiger partial charge in [-0.25, -0.2) is 0 Å². The summed E-state index contributed by atoms with van der Waals surface area (Å²) in [5, 5.41) is 5.95. The largest absolute Gasteiger partial charge is 0.489 e. The molecule has 0 aliphatic heterocycles. The van der Waals surface area contributed by atoms with Gasteiger partial charge in [-0.3, -0.25) is 9.59 Å². The summed E-state index contributed by atoms with van der Waals surface area (Å²) in [5.74, 6) is 0.291. The maximum atomic E-state index is 12.8. The lowest BCUT2D eigenvalue weighted by molar-refractivity contribution is -0.123. The molecule has 0 radical (unpaired) electrons. The molecule has 35 heavy (non-hydrogen) atoms. The number of nitrogens with one attached hydrogen (secondary N) is 2. The Balaban J connectivity index is 1.48. The van der Waals surface area contributed by atoms with E-state index >= 15 is 0 Å². The molecule has 5 nitrogen and oxygen atoms in total. The minimum Gasteiger partial charge on any atom is -0.489 e. The zero-order valence-electron chi connectivity index (χ0n) is 19.4. The Morgan fingerprint density at radius 2 is 1.09 bits per heavy atom. The number of amides is 2. The lowest BCUT2D eigenvalue weighted by Gasteiger charge is -2.22. The van der Waals surface area contributed by atoms with Crippen LogP contribution in [0.4, 0.5) is 0 Å². The predicted octanol–water partition coefficient (Wildman–Crippen LogP) is 4.98. The van der Waals surface area contributed by atoms with Crippen molar-refractivity contribution in [1.29, 1.82) is 0 Å². The van der Waals surface area contributed by atoms with Crippen LogP contribution >= 0.6 is 0 Å². The normalized spacial score (nSPS) is 10.5. The highest BCUT2D eigenvalue weighted by atomic mass is 16.5. The first-order valence-corrected chi connectivity index (χ1v) is 11.6. The van der Waals surface area contributed by atoms with Crippen molar-refractivity contribution in [1.82, 2.24) is 10.6 Å². The smallest absolute Gasteiger partial charge is 0.226 e. The van der Waals surface area contributed by atoms with Gasteiger partial charge in [0.05, 0.1) is 12.8 Å². The van der Waals surface area contributed by atoms with E-state index < -0.39 is 6.17 Å². The molecule has 4 rings (SSSR count). The molecule has 4 aromatic carbocycles. The molecule has 2 amide bonds. The Morgan fingerprint density at radius 3 is 1.60 bits per heavy atom. The standard InChI is InChI=1S/C30H28N2O3/c33-28(19-23-11-4-1-5-12-23)31-30(32-29(34)20-24-13-6-2-7-14-24)26-17-10-18-27(21-26)35-22-25-15-8-3-9-16-25/h1-18,21,30H,19-20,22H2,(H,31,33)(H,32,34). The fourth-order valence-corrected chi connectivity index (χ4v) is 3.71. The van der Waals surface area contributed by atoms with E-state index in [0.717, 1.165) is 22.3 Å². The van der Waals surface area contributed by atoms with Gasteiger partial charge in [0.25, 0.3) is 0 Å². The Hall–Kier alpha value is -4.38. The van der Waals surface area contributed by atoms with E-state index in [-0.39, 0.29) is 24.7 Å². The number of benzene rings is 4. The van der Waals surface area contributed by atoms with Crippen LogP contribution in [0.25, 0.3) is 0 Å². The number of carbonyl (C=O) groups excluding carboxylic acids is 2. The van der Waals surface area contributed by atoms with E-state index in [2.05, 4.69) is 10.6 Å². The van der Waals surface area contributed by atoms with Crippen molar-refractivity contribution in [2.45, 2.75) is 25.6 Å². The molecule has 0 heterocycles. The third-order valence-corrected chi connectivity index (χ3v) is 5.47. The van der Waals surface area contributed by atoms with Crippen LogP contribution in [0.5, 0.6) is 5.75 Å². The van der Waals surface area contributed by atoms with Gasteiger partial charge in [0.2, 0.25) is 11.8 Å². The monoisotopic (exact) mass is 464 g/mol. The van der Waals surface area contributed by atoms with Gasteiger partial charge in [-0.1, -0.05) is 103 Å². The molecule has 0 bridgehead atoms. The maximum absolute atomic E-state index is 12.8. The number of rotatable bonds is 10. The fraction of sp³-hybridized carbons (Fsp3) is 0.133. The Bertz CT molecular complexity index is 1170. The van der Waals surface area contributed by atoms with Crippen molar-refractivity contribution in [3.8, 4) is 5.75 Å². The average molecular weight is 465 g/mol. The van der Waals surface area contributed by atoms with Crippen molar-refractivity contribution in [3.05, 3.63) is 138 Å². The van der Waals surface area contributed by atoms with Crippen LogP contribution in [0.15, 0.2) is 115 Å². The second kappa shape index (κ2) is 12.2. The summed E-state index contributed by atoms with van der Waals surface area (Å²) >= 11 is 0. The summed E-state index contributed by atoms with van der Waals surface area (Å²) in [4.78, 5) is 25.7. The summed E-state index contributed by atoms with van der Waals surface area (Å²) in [5.41, 5.74) is 3.60. The van der Waals surface area contributed by atoms with E-state index in [1.807, 2.05) is 115 Å². The van der Waals surface area contributed by atoms with Crippen LogP contribution in [0, 0.1) is 0 Å². The summed E-state index contributed by atoms with van der Waals surface area (Å²) in [7, 11) is 0. The SMILES string of the molecule is O=C(Cc1ccccc1)NC(NC(=O)Cc1ccccc1)c1cccc(OCc2ccccc2)c1. The molecule has 176 valence electrons. The average Bonchev–Trinajstić information content (AvgIpc) is 2.89. The second-order valence-electron chi connectivity index (χ2n) is 8.24. The Labute approximate surface area is 205 Å². The van der Waals surface area contributed by atoms with Crippen molar-refractivity contribution in [2.24, 2.45) is 0 Å². The topological polar surface area (TPSA) is 67.4 Å². The summed E-state index contributed by atoms with van der Waals surface area (Å²) in [6.07, 6.45) is -0.255. The van der Waals surface area contributed by atoms with Gasteiger partial charge in [0, 0.05) is 0 Å². The van der Waals surface area contributed by atoms with Crippen LogP contribution in [0.2, 0.25) is 0 Å². The summed E-state index contributed by atoms with van der Waals surface area (Å²) in [6, 6.07) is 36.4. The molecule has 0 aromatic heterocycles. The van der Waals surface area contributed by atoms with Crippen molar-refractivity contribution in [3.63, 3.8) is 0 Å². The first kappa shape index (κ1) is 23.8. The highest BCUT2D eigenvalue weighted by molar-refractivity contribution is 5.82. The number of hydrogen-bond acceptors (Lipinski definition) is 3. The van der Waals surface area contributed by atoms with Crippen LogP contribution in [-0.2, 0) is 29.0 Å². The molecule has 2 N–H and O–H groups in total. The zero-order valence-corrected chi connectivity index (χ0v) is 19.4. The Kier molecular flexibility index (Phi) is 8.28. The lowest BCUT2D eigenvalue weighted by atomic mass is 10.1. The van der Waals surface area contributed by atoms with Crippen LogP contribution in [-0.4, -0.2) is 11.8 Å². The first-order chi connectivity index (χ1) is 17.2. The number of hydrogen-bond donors (Lipinski definition) is 2. The second-order valence-corrected chi connectivity index (χ2v) is 8.24. The highest BCUT2D eigenvalue weighted by Crippen LogP contribution is 2.20.